The van der Waals surface area contributed by atoms with Crippen molar-refractivity contribution in [3.8, 4) is 5.69 Å². The van der Waals surface area contributed by atoms with E-state index in [1.54, 1.807) is 12.1 Å². The van der Waals surface area contributed by atoms with Gasteiger partial charge in [-0.3, -0.25) is 0 Å². The maximum atomic E-state index is 13.4. The van der Waals surface area contributed by atoms with Crippen LogP contribution in [0.2, 0.25) is 0 Å². The summed E-state index contributed by atoms with van der Waals surface area (Å²) >= 11 is 0. The minimum Gasteiger partial charge on any atom is -0.316 e. The van der Waals surface area contributed by atoms with Crippen molar-refractivity contribution in [1.29, 1.82) is 0 Å². The van der Waals surface area contributed by atoms with Gasteiger partial charge in [0.2, 0.25) is 0 Å². The highest BCUT2D eigenvalue weighted by Gasteiger charge is 2.33. The highest BCUT2D eigenvalue weighted by atomic mass is 19.1. The van der Waals surface area contributed by atoms with Gasteiger partial charge in [-0.15, -0.1) is 4.68 Å². The molecule has 2 aromatic carbocycles. The van der Waals surface area contributed by atoms with Gasteiger partial charge < -0.3 is 4.90 Å². The van der Waals surface area contributed by atoms with Gasteiger partial charge in [-0.25, -0.2) is 18.4 Å². The van der Waals surface area contributed by atoms with Crippen molar-refractivity contribution in [3.05, 3.63) is 76.2 Å². The van der Waals surface area contributed by atoms with E-state index in [0.29, 0.717) is 17.6 Å². The average molecular weight is 371 g/mol. The second kappa shape index (κ2) is 6.75. The van der Waals surface area contributed by atoms with Crippen molar-refractivity contribution >= 4 is 6.03 Å². The first-order valence-electron chi connectivity index (χ1n) is 8.42. The molecule has 1 fully saturated rings. The van der Waals surface area contributed by atoms with Crippen LogP contribution in [0.4, 0.5) is 13.6 Å². The van der Waals surface area contributed by atoms with Crippen LogP contribution in [0.3, 0.4) is 0 Å². The van der Waals surface area contributed by atoms with Gasteiger partial charge in [0.05, 0.1) is 11.7 Å². The lowest BCUT2D eigenvalue weighted by Gasteiger charge is -2.23. The fraction of sp³-hybridized carbons (Fsp3) is 0.222. The molecule has 4 rings (SSSR count). The number of halogens is 2. The number of nitrogens with zero attached hydrogens (tertiary/aromatic N) is 5. The standard InChI is InChI=1S/C18H15F2N5O2/c19-13-8-6-12(7-9-13)16-5-2-10-23(16)17(26)25-18(27)24(21-22-25)15-4-1-3-14(20)11-15/h1,3-4,6-9,11,16H,2,5,10H2. The zero-order valence-corrected chi connectivity index (χ0v) is 14.1. The van der Waals surface area contributed by atoms with E-state index in [0.717, 1.165) is 22.7 Å². The van der Waals surface area contributed by atoms with E-state index >= 15 is 0 Å². The molecule has 3 aromatic rings. The van der Waals surface area contributed by atoms with Gasteiger partial charge in [0.25, 0.3) is 0 Å². The van der Waals surface area contributed by atoms with Crippen molar-refractivity contribution in [2.75, 3.05) is 6.54 Å². The third-order valence-electron chi connectivity index (χ3n) is 4.57. The van der Waals surface area contributed by atoms with Crippen molar-refractivity contribution < 1.29 is 13.6 Å². The van der Waals surface area contributed by atoms with Crippen LogP contribution in [-0.4, -0.2) is 37.3 Å². The third kappa shape index (κ3) is 3.12. The monoisotopic (exact) mass is 371 g/mol. The fourth-order valence-electron chi connectivity index (χ4n) is 3.29. The largest absolute Gasteiger partial charge is 0.377 e. The van der Waals surface area contributed by atoms with Gasteiger partial charge >= 0.3 is 11.7 Å². The summed E-state index contributed by atoms with van der Waals surface area (Å²) in [6.45, 7) is 0.445. The Kier molecular flexibility index (Phi) is 4.27. The Morgan fingerprint density at radius 3 is 2.56 bits per heavy atom. The molecule has 1 atom stereocenters. The van der Waals surface area contributed by atoms with Crippen LogP contribution in [0.15, 0.2) is 53.3 Å². The Morgan fingerprint density at radius 2 is 1.81 bits per heavy atom. The predicted octanol–water partition coefficient (Wildman–Crippen LogP) is 2.51. The molecule has 1 aliphatic heterocycles. The smallest absolute Gasteiger partial charge is 0.316 e. The Labute approximate surface area is 152 Å². The molecule has 1 aromatic heterocycles. The number of aromatic nitrogens is 4. The molecular formula is C18H15F2N5O2. The Bertz CT molecular complexity index is 1040. The van der Waals surface area contributed by atoms with Crippen LogP contribution >= 0.6 is 0 Å². The number of rotatable bonds is 2. The summed E-state index contributed by atoms with van der Waals surface area (Å²) in [6, 6.07) is 10.3. The summed E-state index contributed by atoms with van der Waals surface area (Å²) in [5.41, 5.74) is 0.179. The second-order valence-corrected chi connectivity index (χ2v) is 6.25. The summed E-state index contributed by atoms with van der Waals surface area (Å²) in [7, 11) is 0. The van der Waals surface area contributed by atoms with Gasteiger partial charge in [0.15, 0.2) is 0 Å². The normalized spacial score (nSPS) is 16.7. The lowest BCUT2D eigenvalue weighted by molar-refractivity contribution is 0.190. The number of hydrogen-bond acceptors (Lipinski definition) is 4. The lowest BCUT2D eigenvalue weighted by Crippen LogP contribution is -2.40. The molecule has 1 amide bonds. The summed E-state index contributed by atoms with van der Waals surface area (Å²) in [4.78, 5) is 26.9. The molecule has 0 aliphatic carbocycles. The predicted molar refractivity (Wildman–Crippen MR) is 91.5 cm³/mol. The van der Waals surface area contributed by atoms with E-state index in [9.17, 15) is 18.4 Å². The molecule has 1 unspecified atom stereocenters. The van der Waals surface area contributed by atoms with Crippen LogP contribution in [0.25, 0.3) is 5.69 Å². The molecule has 138 valence electrons. The number of carbonyl (C=O) groups excluding carboxylic acids is 1. The number of hydrogen-bond donors (Lipinski definition) is 0. The summed E-state index contributed by atoms with van der Waals surface area (Å²) in [6.07, 6.45) is 1.45. The molecule has 0 N–H and O–H groups in total. The molecule has 7 nitrogen and oxygen atoms in total. The maximum absolute atomic E-state index is 13.4. The van der Waals surface area contributed by atoms with E-state index in [2.05, 4.69) is 10.4 Å². The van der Waals surface area contributed by atoms with Crippen LogP contribution in [0.1, 0.15) is 24.4 Å². The Hall–Kier alpha value is -3.36. The van der Waals surface area contributed by atoms with Gasteiger partial charge in [-0.05, 0) is 59.2 Å². The summed E-state index contributed by atoms with van der Waals surface area (Å²) in [5, 5.41) is 7.33. The molecular weight excluding hydrogens is 356 g/mol. The maximum Gasteiger partial charge on any atom is 0.377 e. The molecule has 9 heteroatoms. The molecule has 1 aliphatic rings. The van der Waals surface area contributed by atoms with Crippen molar-refractivity contribution in [2.24, 2.45) is 0 Å². The van der Waals surface area contributed by atoms with E-state index < -0.39 is 17.5 Å². The SMILES string of the molecule is O=C(N1CCCC1c1ccc(F)cc1)n1nnn(-c2cccc(F)c2)c1=O. The van der Waals surface area contributed by atoms with E-state index in [-0.39, 0.29) is 17.5 Å². The molecule has 0 radical (unpaired) electrons. The summed E-state index contributed by atoms with van der Waals surface area (Å²) in [5.74, 6) is -0.889. The van der Waals surface area contributed by atoms with Crippen molar-refractivity contribution in [2.45, 2.75) is 18.9 Å². The first-order valence-corrected chi connectivity index (χ1v) is 8.42. The number of tetrazole rings is 1. The van der Waals surface area contributed by atoms with Gasteiger partial charge in [0.1, 0.15) is 11.6 Å². The minimum absolute atomic E-state index is 0.176. The van der Waals surface area contributed by atoms with Crippen LogP contribution in [0.5, 0.6) is 0 Å². The third-order valence-corrected chi connectivity index (χ3v) is 4.57. The highest BCUT2D eigenvalue weighted by molar-refractivity contribution is 5.76. The average Bonchev–Trinajstić information content (AvgIpc) is 3.29. The number of amides is 1. The fourth-order valence-corrected chi connectivity index (χ4v) is 3.29. The zero-order valence-electron chi connectivity index (χ0n) is 14.1. The van der Waals surface area contributed by atoms with Crippen molar-refractivity contribution in [1.82, 2.24) is 24.7 Å². The van der Waals surface area contributed by atoms with E-state index in [1.165, 1.54) is 35.2 Å². The van der Waals surface area contributed by atoms with E-state index in [4.69, 9.17) is 0 Å². The van der Waals surface area contributed by atoms with E-state index in [1.807, 2.05) is 0 Å². The molecule has 2 heterocycles. The first-order chi connectivity index (χ1) is 13.0. The lowest BCUT2D eigenvalue weighted by atomic mass is 10.0. The molecule has 0 spiro atoms. The topological polar surface area (TPSA) is 73.0 Å². The second-order valence-electron chi connectivity index (χ2n) is 6.25. The molecule has 1 saturated heterocycles. The zero-order chi connectivity index (χ0) is 19.0. The molecule has 27 heavy (non-hydrogen) atoms. The van der Waals surface area contributed by atoms with Gasteiger partial charge in [-0.2, -0.15) is 4.68 Å². The highest BCUT2D eigenvalue weighted by Crippen LogP contribution is 2.32. The van der Waals surface area contributed by atoms with Crippen molar-refractivity contribution in [3.63, 3.8) is 0 Å². The van der Waals surface area contributed by atoms with Gasteiger partial charge in [0, 0.05) is 6.54 Å². The van der Waals surface area contributed by atoms with Crippen LogP contribution in [-0.2, 0) is 0 Å². The Balaban J connectivity index is 1.65. The number of carbonyl (C=O) groups is 1. The number of likely N-dealkylation sites (tertiary alicyclic amines) is 1. The van der Waals surface area contributed by atoms with Crippen LogP contribution < -0.4 is 5.69 Å². The number of benzene rings is 2. The van der Waals surface area contributed by atoms with Crippen LogP contribution in [0, 0.1) is 11.6 Å². The quantitative estimate of drug-likeness (QED) is 0.649. The first kappa shape index (κ1) is 17.1. The molecule has 0 bridgehead atoms. The minimum atomic E-state index is -0.782. The summed E-state index contributed by atoms with van der Waals surface area (Å²) < 4.78 is 28.1. The Morgan fingerprint density at radius 1 is 1.04 bits per heavy atom. The van der Waals surface area contributed by atoms with Gasteiger partial charge in [-0.1, -0.05) is 18.2 Å². The molecule has 0 saturated carbocycles.